The molecule has 0 bridgehead atoms. The fourth-order valence-corrected chi connectivity index (χ4v) is 3.41. The molecule has 3 rings (SSSR count). The Morgan fingerprint density at radius 3 is 2.61 bits per heavy atom. The Labute approximate surface area is 180 Å². The van der Waals surface area contributed by atoms with Crippen molar-refractivity contribution < 1.29 is 22.7 Å². The van der Waals surface area contributed by atoms with Crippen LogP contribution in [0.5, 0.6) is 5.88 Å². The molecule has 1 aliphatic carbocycles. The summed E-state index contributed by atoms with van der Waals surface area (Å²) in [6, 6.07) is 6.21. The van der Waals surface area contributed by atoms with Gasteiger partial charge in [0.15, 0.2) is 0 Å². The van der Waals surface area contributed by atoms with Gasteiger partial charge in [-0.05, 0) is 62.8 Å². The van der Waals surface area contributed by atoms with E-state index < -0.39 is 24.1 Å². The summed E-state index contributed by atoms with van der Waals surface area (Å²) in [6.07, 6.45) is 2.66. The number of nitrogens with one attached hydrogen (secondary N) is 1. The minimum Gasteiger partial charge on any atom is -0.477 e. The normalized spacial score (nSPS) is 15.1. The van der Waals surface area contributed by atoms with E-state index in [4.69, 9.17) is 4.74 Å². The Bertz CT molecular complexity index is 954. The highest BCUT2D eigenvalue weighted by atomic mass is 19.3. The number of hydrogen-bond acceptors (Lipinski definition) is 3. The zero-order valence-corrected chi connectivity index (χ0v) is 17.9. The molecule has 0 radical (unpaired) electrons. The standard InChI is InChI=1S/C24H27F3N2O2/c1-4-17(23(26)27)18(5-2)24(30)29-21-11-19(20(25)10-14(21)3)16-8-9-22(28-12-16)31-13-15-6-7-15/h4,8-12,15,18,23H,5-7,13H2,1-3H3,(H,29,30)/b17-4+. The zero-order chi connectivity index (χ0) is 22.5. The first kappa shape index (κ1) is 22.8. The number of carbonyl (C=O) groups is 1. The van der Waals surface area contributed by atoms with E-state index in [2.05, 4.69) is 10.3 Å². The highest BCUT2D eigenvalue weighted by molar-refractivity contribution is 5.95. The predicted molar refractivity (Wildman–Crippen MR) is 115 cm³/mol. The number of amides is 1. The van der Waals surface area contributed by atoms with Crippen molar-refractivity contribution in [2.75, 3.05) is 11.9 Å². The smallest absolute Gasteiger partial charge is 0.260 e. The van der Waals surface area contributed by atoms with Gasteiger partial charge in [0.2, 0.25) is 11.8 Å². The molecular formula is C24H27F3N2O2. The summed E-state index contributed by atoms with van der Waals surface area (Å²) in [5.41, 5.74) is 1.45. The van der Waals surface area contributed by atoms with Crippen LogP contribution in [0.15, 0.2) is 42.1 Å². The van der Waals surface area contributed by atoms with E-state index in [-0.39, 0.29) is 17.6 Å². The number of allylic oxidation sites excluding steroid dienone is 1. The quantitative estimate of drug-likeness (QED) is 0.483. The van der Waals surface area contributed by atoms with Gasteiger partial charge in [0, 0.05) is 34.7 Å². The van der Waals surface area contributed by atoms with Crippen molar-refractivity contribution in [3.63, 3.8) is 0 Å². The highest BCUT2D eigenvalue weighted by Gasteiger charge is 2.27. The van der Waals surface area contributed by atoms with Crippen molar-refractivity contribution in [2.45, 2.75) is 46.5 Å². The van der Waals surface area contributed by atoms with Gasteiger partial charge in [0.25, 0.3) is 6.43 Å². The van der Waals surface area contributed by atoms with Gasteiger partial charge in [0.05, 0.1) is 12.5 Å². The van der Waals surface area contributed by atoms with Crippen LogP contribution in [-0.2, 0) is 4.79 Å². The number of carbonyl (C=O) groups excluding carboxylic acids is 1. The van der Waals surface area contributed by atoms with Crippen molar-refractivity contribution in [2.24, 2.45) is 11.8 Å². The first-order valence-electron chi connectivity index (χ1n) is 10.5. The van der Waals surface area contributed by atoms with E-state index in [1.54, 1.807) is 26.0 Å². The first-order valence-corrected chi connectivity index (χ1v) is 10.5. The van der Waals surface area contributed by atoms with Gasteiger partial charge in [-0.25, -0.2) is 18.2 Å². The molecule has 1 amide bonds. The van der Waals surface area contributed by atoms with Gasteiger partial charge in [-0.3, -0.25) is 4.79 Å². The summed E-state index contributed by atoms with van der Waals surface area (Å²) in [6.45, 7) is 5.45. The Morgan fingerprint density at radius 2 is 2.06 bits per heavy atom. The number of benzene rings is 1. The fourth-order valence-electron chi connectivity index (χ4n) is 3.41. The molecule has 0 aliphatic heterocycles. The second-order valence-corrected chi connectivity index (χ2v) is 7.83. The highest BCUT2D eigenvalue weighted by Crippen LogP contribution is 2.32. The molecule has 31 heavy (non-hydrogen) atoms. The lowest BCUT2D eigenvalue weighted by Crippen LogP contribution is -2.27. The van der Waals surface area contributed by atoms with Gasteiger partial charge in [0.1, 0.15) is 5.82 Å². The summed E-state index contributed by atoms with van der Waals surface area (Å²) >= 11 is 0. The zero-order valence-electron chi connectivity index (χ0n) is 17.9. The molecule has 1 saturated carbocycles. The lowest BCUT2D eigenvalue weighted by Gasteiger charge is -2.19. The Morgan fingerprint density at radius 1 is 1.32 bits per heavy atom. The van der Waals surface area contributed by atoms with Crippen molar-refractivity contribution in [1.82, 2.24) is 4.98 Å². The predicted octanol–water partition coefficient (Wildman–Crippen LogP) is 6.16. The molecular weight excluding hydrogens is 405 g/mol. The monoisotopic (exact) mass is 432 g/mol. The SMILES string of the molecule is C/C=C(/C(F)F)C(CC)C(=O)Nc1cc(-c2ccc(OCC3CC3)nc2)c(F)cc1C. The minimum atomic E-state index is -2.71. The number of rotatable bonds is 9. The molecule has 166 valence electrons. The topological polar surface area (TPSA) is 51.2 Å². The molecule has 7 heteroatoms. The molecule has 1 aromatic heterocycles. The summed E-state index contributed by atoms with van der Waals surface area (Å²) in [5, 5.41) is 2.69. The van der Waals surface area contributed by atoms with Crippen LogP contribution in [0.4, 0.5) is 18.9 Å². The van der Waals surface area contributed by atoms with Crippen molar-refractivity contribution in [3.05, 3.63) is 53.5 Å². The van der Waals surface area contributed by atoms with Crippen molar-refractivity contribution in [1.29, 1.82) is 0 Å². The van der Waals surface area contributed by atoms with Crippen LogP contribution in [0, 0.1) is 24.6 Å². The Kier molecular flexibility index (Phi) is 7.36. The Hall–Kier alpha value is -2.83. The first-order chi connectivity index (χ1) is 14.8. The molecule has 4 nitrogen and oxygen atoms in total. The number of hydrogen-bond donors (Lipinski definition) is 1. The summed E-state index contributed by atoms with van der Waals surface area (Å²) in [5.74, 6) is -0.880. The number of aromatic nitrogens is 1. The number of pyridine rings is 1. The van der Waals surface area contributed by atoms with Crippen LogP contribution in [-0.4, -0.2) is 23.9 Å². The molecule has 1 aromatic carbocycles. The maximum absolute atomic E-state index is 14.6. The third kappa shape index (κ3) is 5.66. The number of anilines is 1. The van der Waals surface area contributed by atoms with Crippen LogP contribution in [0.1, 0.15) is 38.7 Å². The van der Waals surface area contributed by atoms with Gasteiger partial charge in [-0.15, -0.1) is 0 Å². The van der Waals surface area contributed by atoms with Crippen molar-refractivity contribution >= 4 is 11.6 Å². The minimum absolute atomic E-state index is 0.217. The van der Waals surface area contributed by atoms with Crippen LogP contribution in [0.25, 0.3) is 11.1 Å². The fraction of sp³-hybridized carbons (Fsp3) is 0.417. The molecule has 1 aliphatic rings. The number of ether oxygens (including phenoxy) is 1. The molecule has 1 N–H and O–H groups in total. The maximum atomic E-state index is 14.6. The van der Waals surface area contributed by atoms with E-state index in [1.165, 1.54) is 44.2 Å². The molecule has 2 aromatic rings. The van der Waals surface area contributed by atoms with Crippen molar-refractivity contribution in [3.8, 4) is 17.0 Å². The summed E-state index contributed by atoms with van der Waals surface area (Å²) < 4.78 is 46.8. The molecule has 1 atom stereocenters. The van der Waals surface area contributed by atoms with Gasteiger partial charge >= 0.3 is 0 Å². The summed E-state index contributed by atoms with van der Waals surface area (Å²) in [4.78, 5) is 16.9. The summed E-state index contributed by atoms with van der Waals surface area (Å²) in [7, 11) is 0. The van der Waals surface area contributed by atoms with Crippen LogP contribution >= 0.6 is 0 Å². The second-order valence-electron chi connectivity index (χ2n) is 7.83. The number of aryl methyl sites for hydroxylation is 1. The van der Waals surface area contributed by atoms with Crippen LogP contribution in [0.3, 0.4) is 0 Å². The molecule has 1 unspecified atom stereocenters. The number of nitrogens with zero attached hydrogens (tertiary/aromatic N) is 1. The molecule has 0 spiro atoms. The van der Waals surface area contributed by atoms with E-state index in [0.29, 0.717) is 35.2 Å². The van der Waals surface area contributed by atoms with Crippen LogP contribution in [0.2, 0.25) is 0 Å². The Balaban J connectivity index is 1.81. The van der Waals surface area contributed by atoms with Gasteiger partial charge in [-0.2, -0.15) is 0 Å². The molecule has 0 saturated heterocycles. The third-order valence-electron chi connectivity index (χ3n) is 5.50. The van der Waals surface area contributed by atoms with Gasteiger partial charge in [-0.1, -0.05) is 13.0 Å². The largest absolute Gasteiger partial charge is 0.477 e. The van der Waals surface area contributed by atoms with Gasteiger partial charge < -0.3 is 10.1 Å². The maximum Gasteiger partial charge on any atom is 0.260 e. The third-order valence-corrected chi connectivity index (χ3v) is 5.50. The van der Waals surface area contributed by atoms with E-state index in [1.807, 2.05) is 0 Å². The molecule has 1 heterocycles. The average Bonchev–Trinajstić information content (AvgIpc) is 3.57. The average molecular weight is 432 g/mol. The second kappa shape index (κ2) is 9.98. The van der Waals surface area contributed by atoms with E-state index >= 15 is 0 Å². The number of alkyl halides is 2. The van der Waals surface area contributed by atoms with E-state index in [9.17, 15) is 18.0 Å². The lowest BCUT2D eigenvalue weighted by molar-refractivity contribution is -0.119. The lowest BCUT2D eigenvalue weighted by atomic mass is 9.94. The van der Waals surface area contributed by atoms with E-state index in [0.717, 1.165) is 0 Å². The molecule has 1 fully saturated rings. The number of halogens is 3. The van der Waals surface area contributed by atoms with Crippen LogP contribution < -0.4 is 10.1 Å².